The first kappa shape index (κ1) is 16.0. The molecule has 0 saturated heterocycles. The standard InChI is InChI=1S/C15H22Br2O/c1-2-3-4-5-6-7-11-18-15-13(12-16)9-8-10-14(15)17/h8-10H,2-7,11-12H2,1H3. The van der Waals surface area contributed by atoms with Crippen molar-refractivity contribution in [3.63, 3.8) is 0 Å². The van der Waals surface area contributed by atoms with Gasteiger partial charge in [-0.25, -0.2) is 0 Å². The van der Waals surface area contributed by atoms with Gasteiger partial charge in [0.15, 0.2) is 0 Å². The lowest BCUT2D eigenvalue weighted by atomic mass is 10.1. The largest absolute Gasteiger partial charge is 0.492 e. The molecule has 0 aliphatic rings. The van der Waals surface area contributed by atoms with Gasteiger partial charge in [0.2, 0.25) is 0 Å². The van der Waals surface area contributed by atoms with Gasteiger partial charge in [-0.3, -0.25) is 0 Å². The molecule has 0 aromatic heterocycles. The summed E-state index contributed by atoms with van der Waals surface area (Å²) in [5.74, 6) is 0.989. The molecule has 0 aliphatic heterocycles. The maximum Gasteiger partial charge on any atom is 0.137 e. The van der Waals surface area contributed by atoms with Crippen LogP contribution in [0.15, 0.2) is 22.7 Å². The van der Waals surface area contributed by atoms with E-state index in [4.69, 9.17) is 4.74 Å². The molecule has 102 valence electrons. The Morgan fingerprint density at radius 2 is 1.78 bits per heavy atom. The summed E-state index contributed by atoms with van der Waals surface area (Å²) in [5, 5.41) is 0.832. The molecule has 0 radical (unpaired) electrons. The maximum atomic E-state index is 5.89. The molecule has 0 saturated carbocycles. The normalized spacial score (nSPS) is 10.6. The molecule has 0 unspecified atom stereocenters. The fourth-order valence-electron chi connectivity index (χ4n) is 1.88. The van der Waals surface area contributed by atoms with Crippen molar-refractivity contribution in [3.8, 4) is 5.75 Å². The Kier molecular flexibility index (Phi) is 8.78. The quantitative estimate of drug-likeness (QED) is 0.374. The Morgan fingerprint density at radius 3 is 2.50 bits per heavy atom. The highest BCUT2D eigenvalue weighted by atomic mass is 79.9. The number of halogens is 2. The van der Waals surface area contributed by atoms with E-state index in [1.807, 2.05) is 12.1 Å². The Bertz CT molecular complexity index is 339. The number of para-hydroxylation sites is 1. The van der Waals surface area contributed by atoms with Gasteiger partial charge in [-0.2, -0.15) is 0 Å². The van der Waals surface area contributed by atoms with Gasteiger partial charge in [0.1, 0.15) is 5.75 Å². The van der Waals surface area contributed by atoms with Crippen LogP contribution in [0.4, 0.5) is 0 Å². The van der Waals surface area contributed by atoms with Crippen LogP contribution in [0.1, 0.15) is 51.0 Å². The fourth-order valence-corrected chi connectivity index (χ4v) is 2.84. The Hall–Kier alpha value is -0.0200. The third-order valence-corrected chi connectivity index (χ3v) is 4.17. The van der Waals surface area contributed by atoms with E-state index in [0.717, 1.165) is 28.6 Å². The Labute approximate surface area is 128 Å². The fraction of sp³-hybridized carbons (Fsp3) is 0.600. The lowest BCUT2D eigenvalue weighted by Gasteiger charge is -2.11. The highest BCUT2D eigenvalue weighted by molar-refractivity contribution is 9.10. The number of hydrogen-bond donors (Lipinski definition) is 0. The predicted molar refractivity (Wildman–Crippen MR) is 85.6 cm³/mol. The highest BCUT2D eigenvalue weighted by Crippen LogP contribution is 2.30. The molecule has 1 aromatic rings. The molecule has 1 nitrogen and oxygen atoms in total. The van der Waals surface area contributed by atoms with Gasteiger partial charge in [0, 0.05) is 10.9 Å². The third-order valence-electron chi connectivity index (χ3n) is 2.94. The molecule has 1 aromatic carbocycles. The third kappa shape index (κ3) is 5.75. The van der Waals surface area contributed by atoms with Crippen molar-refractivity contribution in [2.45, 2.75) is 50.8 Å². The van der Waals surface area contributed by atoms with Crippen LogP contribution in [-0.2, 0) is 5.33 Å². The van der Waals surface area contributed by atoms with Gasteiger partial charge in [-0.05, 0) is 28.4 Å². The SMILES string of the molecule is CCCCCCCCOc1c(Br)cccc1CBr. The van der Waals surface area contributed by atoms with Crippen LogP contribution in [0, 0.1) is 0 Å². The molecule has 0 aliphatic carbocycles. The molecule has 0 heterocycles. The first-order valence-corrected chi connectivity index (χ1v) is 8.67. The highest BCUT2D eigenvalue weighted by Gasteiger charge is 2.06. The van der Waals surface area contributed by atoms with Crippen molar-refractivity contribution in [2.24, 2.45) is 0 Å². The molecule has 1 rings (SSSR count). The van der Waals surface area contributed by atoms with Gasteiger partial charge < -0.3 is 4.74 Å². The minimum absolute atomic E-state index is 0.814. The minimum Gasteiger partial charge on any atom is -0.492 e. The maximum absolute atomic E-state index is 5.89. The minimum atomic E-state index is 0.814. The van der Waals surface area contributed by atoms with Crippen LogP contribution in [0.25, 0.3) is 0 Å². The van der Waals surface area contributed by atoms with Crippen LogP contribution in [0.3, 0.4) is 0 Å². The first-order chi connectivity index (χ1) is 8.79. The van der Waals surface area contributed by atoms with E-state index < -0.39 is 0 Å². The number of rotatable bonds is 9. The van der Waals surface area contributed by atoms with Crippen LogP contribution in [-0.4, -0.2) is 6.61 Å². The monoisotopic (exact) mass is 376 g/mol. The molecule has 0 amide bonds. The Balaban J connectivity index is 2.26. The molecule has 3 heteroatoms. The number of unbranched alkanes of at least 4 members (excludes halogenated alkanes) is 5. The van der Waals surface area contributed by atoms with E-state index in [1.165, 1.54) is 37.7 Å². The predicted octanol–water partition coefficient (Wildman–Crippen LogP) is 6.08. The summed E-state index contributed by atoms with van der Waals surface area (Å²) in [6, 6.07) is 6.16. The van der Waals surface area contributed by atoms with Crippen molar-refractivity contribution in [3.05, 3.63) is 28.2 Å². The van der Waals surface area contributed by atoms with E-state index in [1.54, 1.807) is 0 Å². The van der Waals surface area contributed by atoms with E-state index in [2.05, 4.69) is 44.8 Å². The Morgan fingerprint density at radius 1 is 1.06 bits per heavy atom. The zero-order valence-corrected chi connectivity index (χ0v) is 14.2. The summed E-state index contributed by atoms with van der Waals surface area (Å²) in [4.78, 5) is 0. The molecule has 18 heavy (non-hydrogen) atoms. The number of benzene rings is 1. The zero-order chi connectivity index (χ0) is 13.2. The van der Waals surface area contributed by atoms with E-state index in [9.17, 15) is 0 Å². The first-order valence-electron chi connectivity index (χ1n) is 6.75. The molecule has 0 fully saturated rings. The van der Waals surface area contributed by atoms with E-state index >= 15 is 0 Å². The molecule has 0 spiro atoms. The second-order valence-corrected chi connectivity index (χ2v) is 5.89. The number of alkyl halides is 1. The average molecular weight is 378 g/mol. The zero-order valence-electron chi connectivity index (χ0n) is 11.1. The summed E-state index contributed by atoms with van der Waals surface area (Å²) in [6.07, 6.45) is 7.78. The van der Waals surface area contributed by atoms with Crippen molar-refractivity contribution in [2.75, 3.05) is 6.61 Å². The summed E-state index contributed by atoms with van der Waals surface area (Å²) in [7, 11) is 0. The lowest BCUT2D eigenvalue weighted by Crippen LogP contribution is -2.00. The number of hydrogen-bond acceptors (Lipinski definition) is 1. The topological polar surface area (TPSA) is 9.23 Å². The van der Waals surface area contributed by atoms with Crippen LogP contribution < -0.4 is 4.74 Å². The van der Waals surface area contributed by atoms with E-state index in [-0.39, 0.29) is 0 Å². The summed E-state index contributed by atoms with van der Waals surface area (Å²) < 4.78 is 6.94. The van der Waals surface area contributed by atoms with Crippen LogP contribution in [0.5, 0.6) is 5.75 Å². The second-order valence-electron chi connectivity index (χ2n) is 4.48. The number of ether oxygens (including phenoxy) is 1. The summed E-state index contributed by atoms with van der Waals surface area (Å²) in [5.41, 5.74) is 1.20. The molecule has 0 N–H and O–H groups in total. The van der Waals surface area contributed by atoms with Gasteiger partial charge >= 0.3 is 0 Å². The van der Waals surface area contributed by atoms with Crippen LogP contribution in [0.2, 0.25) is 0 Å². The van der Waals surface area contributed by atoms with Gasteiger partial charge in [-0.15, -0.1) is 0 Å². The molecular weight excluding hydrogens is 356 g/mol. The molecule has 0 atom stereocenters. The average Bonchev–Trinajstić information content (AvgIpc) is 2.39. The van der Waals surface area contributed by atoms with Crippen molar-refractivity contribution in [1.29, 1.82) is 0 Å². The summed E-state index contributed by atoms with van der Waals surface area (Å²) in [6.45, 7) is 3.06. The second kappa shape index (κ2) is 9.85. The van der Waals surface area contributed by atoms with Crippen molar-refractivity contribution < 1.29 is 4.74 Å². The van der Waals surface area contributed by atoms with E-state index in [0.29, 0.717) is 0 Å². The smallest absolute Gasteiger partial charge is 0.137 e. The van der Waals surface area contributed by atoms with Crippen molar-refractivity contribution in [1.82, 2.24) is 0 Å². The molecular formula is C15H22Br2O. The van der Waals surface area contributed by atoms with Gasteiger partial charge in [-0.1, -0.05) is 67.1 Å². The van der Waals surface area contributed by atoms with Gasteiger partial charge in [0.25, 0.3) is 0 Å². The summed E-state index contributed by atoms with van der Waals surface area (Å²) >= 11 is 7.04. The molecule has 0 bridgehead atoms. The van der Waals surface area contributed by atoms with Gasteiger partial charge in [0.05, 0.1) is 11.1 Å². The lowest BCUT2D eigenvalue weighted by molar-refractivity contribution is 0.300. The van der Waals surface area contributed by atoms with Crippen LogP contribution >= 0.6 is 31.9 Å². The van der Waals surface area contributed by atoms with Crippen molar-refractivity contribution >= 4 is 31.9 Å².